The molecule has 0 fully saturated rings. The van der Waals surface area contributed by atoms with Crippen molar-refractivity contribution in [2.45, 2.75) is 5.16 Å². The van der Waals surface area contributed by atoms with Crippen molar-refractivity contribution in [3.63, 3.8) is 0 Å². The lowest BCUT2D eigenvalue weighted by atomic mass is 10.1. The zero-order valence-corrected chi connectivity index (χ0v) is 11.6. The molecular weight excluding hydrogens is 300 g/mol. The number of hydrogen-bond acceptors (Lipinski definition) is 6. The maximum absolute atomic E-state index is 10.9. The molecule has 1 aromatic heterocycles. The lowest BCUT2D eigenvalue weighted by Crippen LogP contribution is -1.97. The maximum atomic E-state index is 10.9. The molecule has 0 amide bonds. The highest BCUT2D eigenvalue weighted by atomic mass is 32.2. The lowest BCUT2D eigenvalue weighted by Gasteiger charge is -2.04. The number of carbonyl (C=O) groups is 1. The van der Waals surface area contributed by atoms with E-state index in [1.807, 2.05) is 0 Å². The molecule has 0 bridgehead atoms. The molecule has 1 heterocycles. The molecule has 10 heteroatoms. The molecule has 9 nitrogen and oxygen atoms in total. The van der Waals surface area contributed by atoms with Crippen LogP contribution in [0.5, 0.6) is 5.75 Å². The Labute approximate surface area is 122 Å². The van der Waals surface area contributed by atoms with Crippen LogP contribution in [0, 0.1) is 4.91 Å². The number of hydrogen-bond donors (Lipinski definition) is 3. The van der Waals surface area contributed by atoms with Crippen molar-refractivity contribution < 1.29 is 24.8 Å². The molecule has 0 saturated carbocycles. The van der Waals surface area contributed by atoms with Crippen molar-refractivity contribution in [3.8, 4) is 17.1 Å². The summed E-state index contributed by atoms with van der Waals surface area (Å²) in [5.41, 5.74) is 0.418. The van der Waals surface area contributed by atoms with Gasteiger partial charge in [-0.2, -0.15) is 0 Å². The van der Waals surface area contributed by atoms with Gasteiger partial charge in [0.1, 0.15) is 5.75 Å². The second kappa shape index (κ2) is 6.22. The Balaban J connectivity index is 2.34. The van der Waals surface area contributed by atoms with Crippen molar-refractivity contribution in [2.75, 3.05) is 12.9 Å². The third-order valence-electron chi connectivity index (χ3n) is 2.46. The minimum Gasteiger partial charge on any atom is -0.496 e. The number of carboxylic acid groups (broad SMARTS) is 1. The molecule has 0 aliphatic rings. The first kappa shape index (κ1) is 14.8. The fraction of sp³-hybridized carbons (Fsp3) is 0.182. The molecule has 110 valence electrons. The fourth-order valence-corrected chi connectivity index (χ4v) is 2.09. The Bertz CT molecular complexity index is 687. The van der Waals surface area contributed by atoms with Crippen LogP contribution in [0.2, 0.25) is 0 Å². The molecule has 21 heavy (non-hydrogen) atoms. The van der Waals surface area contributed by atoms with E-state index in [-0.39, 0.29) is 16.4 Å². The van der Waals surface area contributed by atoms with Crippen LogP contribution in [0.25, 0.3) is 11.4 Å². The van der Waals surface area contributed by atoms with Gasteiger partial charge in [-0.25, -0.2) is 5.21 Å². The minimum atomic E-state index is -0.972. The SMILES string of the molecule is COc1ccc([N+](=O)O)cc1-c1nnc(SCC(=O)O)[nH]1. The first-order valence-electron chi connectivity index (χ1n) is 5.63. The van der Waals surface area contributed by atoms with Gasteiger partial charge in [-0.05, 0) is 6.07 Å². The summed E-state index contributed by atoms with van der Waals surface area (Å²) < 4.78 is 5.15. The summed E-state index contributed by atoms with van der Waals surface area (Å²) in [4.78, 5) is 24.0. The van der Waals surface area contributed by atoms with Crippen LogP contribution in [0.3, 0.4) is 0 Å². The summed E-state index contributed by atoms with van der Waals surface area (Å²) >= 11 is 0.977. The standard InChI is InChI=1S/C11H10N4O5S/c1-20-8-3-2-6(15(18)19)4-7(8)10-12-11(14-13-10)21-5-9(16)17/h2-4H,5H2,1H3,(H2-,12,13,14,16,17,18,19)/p+1. The highest BCUT2D eigenvalue weighted by molar-refractivity contribution is 7.99. The van der Waals surface area contributed by atoms with Crippen LogP contribution < -0.4 is 4.74 Å². The van der Waals surface area contributed by atoms with Crippen LogP contribution >= 0.6 is 11.8 Å². The number of aromatic nitrogens is 3. The van der Waals surface area contributed by atoms with Crippen molar-refractivity contribution in [1.29, 1.82) is 0 Å². The maximum Gasteiger partial charge on any atom is 0.317 e. The highest BCUT2D eigenvalue weighted by Crippen LogP contribution is 2.31. The summed E-state index contributed by atoms with van der Waals surface area (Å²) in [6.45, 7) is 0. The molecule has 0 spiro atoms. The molecule has 1 aromatic carbocycles. The van der Waals surface area contributed by atoms with E-state index in [0.717, 1.165) is 11.8 Å². The van der Waals surface area contributed by atoms with E-state index in [2.05, 4.69) is 15.2 Å². The number of aromatic amines is 1. The number of nitrogens with one attached hydrogen (secondary N) is 1. The molecule has 2 rings (SSSR count). The van der Waals surface area contributed by atoms with E-state index in [0.29, 0.717) is 22.3 Å². The van der Waals surface area contributed by atoms with Crippen molar-refractivity contribution in [3.05, 3.63) is 23.1 Å². The summed E-state index contributed by atoms with van der Waals surface area (Å²) in [6.07, 6.45) is 0. The number of methoxy groups -OCH3 is 1. The van der Waals surface area contributed by atoms with Gasteiger partial charge in [-0.1, -0.05) is 11.8 Å². The third-order valence-corrected chi connectivity index (χ3v) is 3.31. The smallest absolute Gasteiger partial charge is 0.317 e. The van der Waals surface area contributed by atoms with E-state index >= 15 is 0 Å². The number of rotatable bonds is 6. The monoisotopic (exact) mass is 311 g/mol. The van der Waals surface area contributed by atoms with Gasteiger partial charge in [0, 0.05) is 12.1 Å². The van der Waals surface area contributed by atoms with Gasteiger partial charge in [0.2, 0.25) is 0 Å². The lowest BCUT2D eigenvalue weighted by molar-refractivity contribution is -0.729. The summed E-state index contributed by atoms with van der Waals surface area (Å²) in [5.74, 6) is -0.411. The number of aliphatic carboxylic acids is 1. The first-order valence-corrected chi connectivity index (χ1v) is 6.61. The highest BCUT2D eigenvalue weighted by Gasteiger charge is 2.19. The number of benzene rings is 1. The molecule has 0 saturated heterocycles. The number of nitrogens with zero attached hydrogens (tertiary/aromatic N) is 3. The van der Waals surface area contributed by atoms with Crippen molar-refractivity contribution in [1.82, 2.24) is 15.2 Å². The van der Waals surface area contributed by atoms with Gasteiger partial charge in [0.05, 0.1) is 23.3 Å². The Morgan fingerprint density at radius 3 is 2.86 bits per heavy atom. The molecule has 0 aliphatic heterocycles. The zero-order chi connectivity index (χ0) is 15.4. The number of carboxylic acids is 1. The van der Waals surface area contributed by atoms with Crippen LogP contribution in [-0.4, -0.2) is 49.3 Å². The molecule has 0 atom stereocenters. The van der Waals surface area contributed by atoms with E-state index < -0.39 is 5.97 Å². The van der Waals surface area contributed by atoms with Gasteiger partial charge >= 0.3 is 11.7 Å². The normalized spacial score (nSPS) is 10.3. The average molecular weight is 311 g/mol. The Kier molecular flexibility index (Phi) is 4.38. The summed E-state index contributed by atoms with van der Waals surface area (Å²) in [7, 11) is 1.45. The number of thioether (sulfide) groups is 1. The summed E-state index contributed by atoms with van der Waals surface area (Å²) in [5, 5.41) is 25.5. The van der Waals surface area contributed by atoms with Gasteiger partial charge in [-0.3, -0.25) is 4.79 Å². The predicted octanol–water partition coefficient (Wildman–Crippen LogP) is 1.46. The number of ether oxygens (including phenoxy) is 1. The Morgan fingerprint density at radius 1 is 1.48 bits per heavy atom. The molecule has 0 aliphatic carbocycles. The quantitative estimate of drug-likeness (QED) is 0.540. The molecule has 0 unspecified atom stereocenters. The largest absolute Gasteiger partial charge is 0.496 e. The zero-order valence-electron chi connectivity index (χ0n) is 10.8. The van der Waals surface area contributed by atoms with E-state index in [4.69, 9.17) is 15.1 Å². The number of H-pyrrole nitrogens is 1. The topological polar surface area (TPSA) is 128 Å². The molecule has 2 aromatic rings. The van der Waals surface area contributed by atoms with Crippen LogP contribution in [0.4, 0.5) is 5.69 Å². The van der Waals surface area contributed by atoms with Gasteiger partial charge < -0.3 is 14.8 Å². The fourth-order valence-electron chi connectivity index (χ4n) is 1.56. The van der Waals surface area contributed by atoms with Crippen molar-refractivity contribution in [2.24, 2.45) is 0 Å². The predicted molar refractivity (Wildman–Crippen MR) is 71.8 cm³/mol. The Morgan fingerprint density at radius 2 is 2.24 bits per heavy atom. The molecule has 0 radical (unpaired) electrons. The second-order valence-electron chi connectivity index (χ2n) is 3.82. The van der Waals surface area contributed by atoms with Crippen molar-refractivity contribution >= 4 is 23.4 Å². The van der Waals surface area contributed by atoms with Crippen LogP contribution in [0.15, 0.2) is 23.4 Å². The Hall–Kier alpha value is -2.62. The minimum absolute atomic E-state index is 0.00180. The third kappa shape index (κ3) is 3.48. The second-order valence-corrected chi connectivity index (χ2v) is 4.78. The van der Waals surface area contributed by atoms with Gasteiger partial charge in [-0.15, -0.1) is 10.2 Å². The average Bonchev–Trinajstić information content (AvgIpc) is 2.93. The van der Waals surface area contributed by atoms with Gasteiger partial charge in [0.25, 0.3) is 4.92 Å². The van der Waals surface area contributed by atoms with Gasteiger partial charge in [0.15, 0.2) is 11.0 Å². The first-order chi connectivity index (χ1) is 10.0. The van der Waals surface area contributed by atoms with E-state index in [9.17, 15) is 9.70 Å². The summed E-state index contributed by atoms with van der Waals surface area (Å²) in [6, 6.07) is 4.25. The van der Waals surface area contributed by atoms with E-state index in [1.54, 1.807) is 0 Å². The molecular formula is C11H11N4O5S+. The van der Waals surface area contributed by atoms with E-state index in [1.165, 1.54) is 25.3 Å². The molecule has 3 N–H and O–H groups in total. The van der Waals surface area contributed by atoms with Crippen LogP contribution in [-0.2, 0) is 4.79 Å². The van der Waals surface area contributed by atoms with Crippen LogP contribution in [0.1, 0.15) is 0 Å².